The molecule has 0 aliphatic carbocycles. The minimum absolute atomic E-state index is 0.134. The molecule has 24 heavy (non-hydrogen) atoms. The van der Waals surface area contributed by atoms with Crippen LogP contribution in [0, 0.1) is 20.8 Å². The number of sulfonamides is 1. The molecule has 0 fully saturated rings. The number of nitrogens with zero attached hydrogens (tertiary/aromatic N) is 1. The van der Waals surface area contributed by atoms with E-state index in [1.807, 2.05) is 26.8 Å². The van der Waals surface area contributed by atoms with E-state index in [0.29, 0.717) is 5.69 Å². The van der Waals surface area contributed by atoms with Gasteiger partial charge in [-0.15, -0.1) is 0 Å². The molecular formula is C18H21NO4S. The van der Waals surface area contributed by atoms with Crippen LogP contribution in [0.3, 0.4) is 0 Å². The van der Waals surface area contributed by atoms with Crippen molar-refractivity contribution in [2.45, 2.75) is 25.7 Å². The Morgan fingerprint density at radius 1 is 1.00 bits per heavy atom. The van der Waals surface area contributed by atoms with Crippen molar-refractivity contribution in [1.82, 2.24) is 0 Å². The van der Waals surface area contributed by atoms with Gasteiger partial charge in [-0.2, -0.15) is 0 Å². The topological polar surface area (TPSA) is 63.7 Å². The van der Waals surface area contributed by atoms with Crippen molar-refractivity contribution in [3.05, 3.63) is 59.2 Å². The van der Waals surface area contributed by atoms with E-state index in [4.69, 9.17) is 0 Å². The quantitative estimate of drug-likeness (QED) is 0.780. The van der Waals surface area contributed by atoms with Gasteiger partial charge in [-0.25, -0.2) is 8.42 Å². The summed E-state index contributed by atoms with van der Waals surface area (Å²) in [5, 5.41) is 0. The van der Waals surface area contributed by atoms with Crippen LogP contribution in [-0.4, -0.2) is 28.0 Å². The Kier molecular flexibility index (Phi) is 5.29. The van der Waals surface area contributed by atoms with Crippen LogP contribution < -0.4 is 4.31 Å². The molecule has 6 heteroatoms. The third-order valence-corrected chi connectivity index (χ3v) is 5.68. The van der Waals surface area contributed by atoms with E-state index in [1.54, 1.807) is 24.3 Å². The predicted molar refractivity (Wildman–Crippen MR) is 93.6 cm³/mol. The maximum Gasteiger partial charge on any atom is 0.326 e. The number of rotatable bonds is 5. The van der Waals surface area contributed by atoms with Crippen molar-refractivity contribution in [2.24, 2.45) is 0 Å². The normalized spacial score (nSPS) is 11.2. The lowest BCUT2D eigenvalue weighted by Gasteiger charge is -2.24. The second-order valence-corrected chi connectivity index (χ2v) is 7.53. The summed E-state index contributed by atoms with van der Waals surface area (Å²) in [6.45, 7) is 5.34. The van der Waals surface area contributed by atoms with E-state index in [9.17, 15) is 13.2 Å². The molecule has 0 saturated carbocycles. The summed E-state index contributed by atoms with van der Waals surface area (Å²) in [4.78, 5) is 11.9. The summed E-state index contributed by atoms with van der Waals surface area (Å²) in [7, 11) is -2.64. The predicted octanol–water partition coefficient (Wildman–Crippen LogP) is 2.98. The van der Waals surface area contributed by atoms with Crippen LogP contribution in [0.15, 0.2) is 47.4 Å². The lowest BCUT2D eigenvalue weighted by molar-refractivity contribution is -0.138. The van der Waals surface area contributed by atoms with Gasteiger partial charge >= 0.3 is 5.97 Å². The van der Waals surface area contributed by atoms with E-state index in [0.717, 1.165) is 21.0 Å². The zero-order valence-electron chi connectivity index (χ0n) is 14.2. The van der Waals surface area contributed by atoms with Crippen LogP contribution in [0.4, 0.5) is 5.69 Å². The van der Waals surface area contributed by atoms with E-state index in [1.165, 1.54) is 19.2 Å². The zero-order chi connectivity index (χ0) is 17.9. The van der Waals surface area contributed by atoms with Crippen LogP contribution in [0.2, 0.25) is 0 Å². The van der Waals surface area contributed by atoms with Crippen molar-refractivity contribution < 1.29 is 17.9 Å². The number of ether oxygens (including phenoxy) is 1. The third kappa shape index (κ3) is 3.76. The molecule has 2 aromatic carbocycles. The molecule has 0 heterocycles. The fourth-order valence-electron chi connectivity index (χ4n) is 2.22. The van der Waals surface area contributed by atoms with Crippen LogP contribution in [0.25, 0.3) is 0 Å². The summed E-state index contributed by atoms with van der Waals surface area (Å²) in [6, 6.07) is 11.8. The van der Waals surface area contributed by atoms with Crippen molar-refractivity contribution in [2.75, 3.05) is 18.0 Å². The summed E-state index contributed by atoms with van der Waals surface area (Å²) in [5.41, 5.74) is 3.38. The second-order valence-electron chi connectivity index (χ2n) is 5.67. The van der Waals surface area contributed by atoms with Crippen LogP contribution in [0.5, 0.6) is 0 Å². The Bertz CT molecular complexity index is 842. The molecule has 0 atom stereocenters. The second kappa shape index (κ2) is 7.05. The molecule has 0 amide bonds. The van der Waals surface area contributed by atoms with Gasteiger partial charge in [-0.05, 0) is 56.2 Å². The molecule has 2 aromatic rings. The number of hydrogen-bond acceptors (Lipinski definition) is 4. The highest BCUT2D eigenvalue weighted by Gasteiger charge is 2.27. The number of methoxy groups -OCH3 is 1. The Balaban J connectivity index is 2.54. The number of anilines is 1. The fraction of sp³-hybridized carbons (Fsp3) is 0.278. The lowest BCUT2D eigenvalue weighted by Crippen LogP contribution is -2.36. The minimum atomic E-state index is -3.87. The summed E-state index contributed by atoms with van der Waals surface area (Å²) >= 11 is 0. The number of carbonyl (C=O) groups excluding carboxylic acids is 1. The molecule has 0 bridgehead atoms. The number of esters is 1. The van der Waals surface area contributed by atoms with E-state index in [-0.39, 0.29) is 11.4 Å². The zero-order valence-corrected chi connectivity index (χ0v) is 15.1. The number of carbonyl (C=O) groups is 1. The smallest absolute Gasteiger partial charge is 0.326 e. The third-order valence-electron chi connectivity index (χ3n) is 3.89. The van der Waals surface area contributed by atoms with Gasteiger partial charge < -0.3 is 4.74 Å². The first kappa shape index (κ1) is 18.0. The van der Waals surface area contributed by atoms with Gasteiger partial charge in [0, 0.05) is 0 Å². The van der Waals surface area contributed by atoms with E-state index >= 15 is 0 Å². The average Bonchev–Trinajstić information content (AvgIpc) is 2.55. The summed E-state index contributed by atoms with van der Waals surface area (Å²) in [6.07, 6.45) is 0. The molecule has 0 saturated heterocycles. The highest BCUT2D eigenvalue weighted by molar-refractivity contribution is 7.92. The van der Waals surface area contributed by atoms with Gasteiger partial charge in [0.1, 0.15) is 6.54 Å². The molecule has 2 rings (SSSR count). The fourth-order valence-corrected chi connectivity index (χ4v) is 3.62. The average molecular weight is 347 g/mol. The van der Waals surface area contributed by atoms with Gasteiger partial charge in [-0.3, -0.25) is 9.10 Å². The maximum atomic E-state index is 13.0. The maximum absolute atomic E-state index is 13.0. The Labute approximate surface area is 142 Å². The molecule has 0 aliphatic heterocycles. The number of benzene rings is 2. The van der Waals surface area contributed by atoms with Gasteiger partial charge in [0.05, 0.1) is 17.7 Å². The van der Waals surface area contributed by atoms with Gasteiger partial charge in [0.2, 0.25) is 0 Å². The number of aryl methyl sites for hydroxylation is 3. The number of hydrogen-bond donors (Lipinski definition) is 0. The van der Waals surface area contributed by atoms with E-state index < -0.39 is 16.0 Å². The first-order valence-electron chi connectivity index (χ1n) is 7.49. The van der Waals surface area contributed by atoms with Crippen LogP contribution >= 0.6 is 0 Å². The standard InChI is InChI=1S/C18H21NO4S/c1-13-5-9-17(10-6-13)24(21,22)19(12-18(20)23-4)16-8-7-14(2)15(3)11-16/h5-11H,12H2,1-4H3. The van der Waals surface area contributed by atoms with Gasteiger partial charge in [0.15, 0.2) is 0 Å². The summed E-state index contributed by atoms with van der Waals surface area (Å²) in [5.74, 6) is -0.621. The van der Waals surface area contributed by atoms with Crippen molar-refractivity contribution in [3.63, 3.8) is 0 Å². The van der Waals surface area contributed by atoms with Crippen molar-refractivity contribution >= 4 is 21.7 Å². The molecule has 0 radical (unpaired) electrons. The molecule has 0 unspecified atom stereocenters. The SMILES string of the molecule is COC(=O)CN(c1ccc(C)c(C)c1)S(=O)(=O)c1ccc(C)cc1. The van der Waals surface area contributed by atoms with Crippen molar-refractivity contribution in [1.29, 1.82) is 0 Å². The molecule has 0 N–H and O–H groups in total. The monoisotopic (exact) mass is 347 g/mol. The highest BCUT2D eigenvalue weighted by Crippen LogP contribution is 2.26. The molecule has 5 nitrogen and oxygen atoms in total. The molecular weight excluding hydrogens is 326 g/mol. The Morgan fingerprint density at radius 3 is 2.17 bits per heavy atom. The van der Waals surface area contributed by atoms with Crippen LogP contribution in [0.1, 0.15) is 16.7 Å². The minimum Gasteiger partial charge on any atom is -0.468 e. The van der Waals surface area contributed by atoms with Crippen LogP contribution in [-0.2, 0) is 19.6 Å². The lowest BCUT2D eigenvalue weighted by atomic mass is 10.1. The highest BCUT2D eigenvalue weighted by atomic mass is 32.2. The molecule has 0 aromatic heterocycles. The molecule has 128 valence electrons. The Hall–Kier alpha value is -2.34. The Morgan fingerprint density at radius 2 is 1.62 bits per heavy atom. The molecule has 0 aliphatic rings. The van der Waals surface area contributed by atoms with Crippen molar-refractivity contribution in [3.8, 4) is 0 Å². The largest absolute Gasteiger partial charge is 0.468 e. The first-order valence-corrected chi connectivity index (χ1v) is 8.93. The first-order chi connectivity index (χ1) is 11.3. The molecule has 0 spiro atoms. The summed E-state index contributed by atoms with van der Waals surface area (Å²) < 4.78 is 31.8. The van der Waals surface area contributed by atoms with Gasteiger partial charge in [0.25, 0.3) is 10.0 Å². The van der Waals surface area contributed by atoms with E-state index in [2.05, 4.69) is 4.74 Å². The van der Waals surface area contributed by atoms with Gasteiger partial charge in [-0.1, -0.05) is 23.8 Å².